The Hall–Kier alpha value is -2.24. The summed E-state index contributed by atoms with van der Waals surface area (Å²) in [4.78, 5) is 0. The molecule has 0 aliphatic carbocycles. The van der Waals surface area contributed by atoms with Crippen LogP contribution in [-0.2, 0) is 0 Å². The number of ether oxygens (including phenoxy) is 2. The summed E-state index contributed by atoms with van der Waals surface area (Å²) in [6.45, 7) is 3.29. The molecule has 5 heteroatoms. The average molecular weight is 342 g/mol. The molecule has 1 aromatic heterocycles. The molecule has 3 aromatic rings. The summed E-state index contributed by atoms with van der Waals surface area (Å²) in [5.41, 5.74) is 1.73. The Labute approximate surface area is 148 Å². The maximum atomic E-state index is 5.92. The highest BCUT2D eigenvalue weighted by atomic mass is 16.5. The van der Waals surface area contributed by atoms with E-state index < -0.39 is 0 Å². The largest absolute Gasteiger partial charge is 0.494 e. The standard InChI is InChI=1S/C20H26N2O3/c1-21-9-3-11-23-15-5-7-19-17(13-15)18-14-16(6-8-20(18)25-19)24-12-4-10-22-2/h5-8,13-14,21-22H,3-4,9-12H2,1-2H3. The summed E-state index contributed by atoms with van der Waals surface area (Å²) in [5, 5.41) is 8.36. The first kappa shape index (κ1) is 17.6. The van der Waals surface area contributed by atoms with Gasteiger partial charge in [0.15, 0.2) is 0 Å². The fourth-order valence-corrected chi connectivity index (χ4v) is 2.79. The SMILES string of the molecule is CNCCCOc1ccc2oc3ccc(OCCCNC)cc3c2c1. The maximum Gasteiger partial charge on any atom is 0.135 e. The Morgan fingerprint density at radius 3 is 1.68 bits per heavy atom. The minimum absolute atomic E-state index is 0.696. The van der Waals surface area contributed by atoms with Gasteiger partial charge in [0.05, 0.1) is 13.2 Å². The lowest BCUT2D eigenvalue weighted by Crippen LogP contribution is -2.11. The molecule has 0 atom stereocenters. The molecule has 0 amide bonds. The van der Waals surface area contributed by atoms with Crippen molar-refractivity contribution < 1.29 is 13.9 Å². The Bertz CT molecular complexity index is 747. The summed E-state index contributed by atoms with van der Waals surface area (Å²) in [6, 6.07) is 11.9. The second kappa shape index (κ2) is 8.74. The molecule has 2 aromatic carbocycles. The molecule has 25 heavy (non-hydrogen) atoms. The van der Waals surface area contributed by atoms with Crippen molar-refractivity contribution in [3.8, 4) is 11.5 Å². The molecule has 0 fully saturated rings. The topological polar surface area (TPSA) is 55.7 Å². The zero-order chi connectivity index (χ0) is 17.5. The highest BCUT2D eigenvalue weighted by Crippen LogP contribution is 2.33. The third-order valence-corrected chi connectivity index (χ3v) is 4.09. The number of furan rings is 1. The molecule has 1 heterocycles. The maximum absolute atomic E-state index is 5.92. The summed E-state index contributed by atoms with van der Waals surface area (Å²) in [6.07, 6.45) is 1.95. The number of hydrogen-bond donors (Lipinski definition) is 2. The van der Waals surface area contributed by atoms with Crippen LogP contribution in [0.15, 0.2) is 40.8 Å². The first-order valence-corrected chi connectivity index (χ1v) is 8.83. The molecular formula is C20H26N2O3. The summed E-state index contributed by atoms with van der Waals surface area (Å²) in [5.74, 6) is 1.73. The molecule has 134 valence electrons. The molecule has 0 bridgehead atoms. The van der Waals surface area contributed by atoms with Crippen molar-refractivity contribution in [1.82, 2.24) is 10.6 Å². The van der Waals surface area contributed by atoms with Crippen LogP contribution < -0.4 is 20.1 Å². The van der Waals surface area contributed by atoms with Crippen LogP contribution in [0.4, 0.5) is 0 Å². The van der Waals surface area contributed by atoms with E-state index in [-0.39, 0.29) is 0 Å². The van der Waals surface area contributed by atoms with Gasteiger partial charge in [0, 0.05) is 10.8 Å². The van der Waals surface area contributed by atoms with E-state index >= 15 is 0 Å². The molecule has 5 nitrogen and oxygen atoms in total. The lowest BCUT2D eigenvalue weighted by atomic mass is 10.1. The van der Waals surface area contributed by atoms with Crippen molar-refractivity contribution in [2.24, 2.45) is 0 Å². The van der Waals surface area contributed by atoms with Gasteiger partial charge in [-0.1, -0.05) is 0 Å². The van der Waals surface area contributed by atoms with Crippen molar-refractivity contribution in [3.63, 3.8) is 0 Å². The van der Waals surface area contributed by atoms with Crippen LogP contribution in [0.25, 0.3) is 21.9 Å². The van der Waals surface area contributed by atoms with E-state index in [0.717, 1.165) is 59.4 Å². The predicted molar refractivity (Wildman–Crippen MR) is 102 cm³/mol. The Morgan fingerprint density at radius 1 is 0.760 bits per heavy atom. The summed E-state index contributed by atoms with van der Waals surface area (Å²) >= 11 is 0. The summed E-state index contributed by atoms with van der Waals surface area (Å²) in [7, 11) is 3.89. The lowest BCUT2D eigenvalue weighted by Gasteiger charge is -2.06. The average Bonchev–Trinajstić information content (AvgIpc) is 3.00. The number of benzene rings is 2. The smallest absolute Gasteiger partial charge is 0.135 e. The van der Waals surface area contributed by atoms with E-state index in [1.54, 1.807) is 0 Å². The van der Waals surface area contributed by atoms with Gasteiger partial charge < -0.3 is 24.5 Å². The van der Waals surface area contributed by atoms with Crippen LogP contribution in [0, 0.1) is 0 Å². The fraction of sp³-hybridized carbons (Fsp3) is 0.400. The van der Waals surface area contributed by atoms with Crippen LogP contribution in [0.2, 0.25) is 0 Å². The van der Waals surface area contributed by atoms with Crippen molar-refractivity contribution in [2.45, 2.75) is 12.8 Å². The molecule has 0 aliphatic rings. The van der Waals surface area contributed by atoms with Gasteiger partial charge in [-0.05, 0) is 76.4 Å². The van der Waals surface area contributed by atoms with E-state index in [9.17, 15) is 0 Å². The van der Waals surface area contributed by atoms with E-state index in [4.69, 9.17) is 13.9 Å². The first-order valence-electron chi connectivity index (χ1n) is 8.83. The van der Waals surface area contributed by atoms with E-state index in [1.807, 2.05) is 50.5 Å². The second-order valence-corrected chi connectivity index (χ2v) is 6.03. The third-order valence-electron chi connectivity index (χ3n) is 4.09. The molecule has 0 saturated carbocycles. The first-order chi connectivity index (χ1) is 12.3. The van der Waals surface area contributed by atoms with Gasteiger partial charge in [-0.3, -0.25) is 0 Å². The Kier molecular flexibility index (Phi) is 6.14. The predicted octanol–water partition coefficient (Wildman–Crippen LogP) is 3.56. The molecular weight excluding hydrogens is 316 g/mol. The van der Waals surface area contributed by atoms with Gasteiger partial charge >= 0.3 is 0 Å². The van der Waals surface area contributed by atoms with Crippen LogP contribution in [-0.4, -0.2) is 40.4 Å². The van der Waals surface area contributed by atoms with Gasteiger partial charge in [0.2, 0.25) is 0 Å². The van der Waals surface area contributed by atoms with E-state index in [0.29, 0.717) is 13.2 Å². The van der Waals surface area contributed by atoms with Crippen molar-refractivity contribution in [3.05, 3.63) is 36.4 Å². The number of fused-ring (bicyclic) bond motifs is 3. The van der Waals surface area contributed by atoms with Gasteiger partial charge in [0.1, 0.15) is 22.7 Å². The number of nitrogens with one attached hydrogen (secondary N) is 2. The van der Waals surface area contributed by atoms with Gasteiger partial charge in [0.25, 0.3) is 0 Å². The monoisotopic (exact) mass is 342 g/mol. The highest BCUT2D eigenvalue weighted by molar-refractivity contribution is 6.05. The molecule has 0 saturated heterocycles. The third kappa shape index (κ3) is 4.44. The van der Waals surface area contributed by atoms with E-state index in [1.165, 1.54) is 0 Å². The second-order valence-electron chi connectivity index (χ2n) is 6.03. The molecule has 0 radical (unpaired) electrons. The van der Waals surface area contributed by atoms with Crippen molar-refractivity contribution >= 4 is 21.9 Å². The Morgan fingerprint density at radius 2 is 1.24 bits per heavy atom. The van der Waals surface area contributed by atoms with Crippen molar-refractivity contribution in [1.29, 1.82) is 0 Å². The number of hydrogen-bond acceptors (Lipinski definition) is 5. The molecule has 2 N–H and O–H groups in total. The van der Waals surface area contributed by atoms with Crippen LogP contribution in [0.1, 0.15) is 12.8 Å². The zero-order valence-electron chi connectivity index (χ0n) is 14.9. The van der Waals surface area contributed by atoms with Gasteiger partial charge in [-0.2, -0.15) is 0 Å². The minimum atomic E-state index is 0.696. The van der Waals surface area contributed by atoms with Crippen LogP contribution in [0.3, 0.4) is 0 Å². The summed E-state index contributed by atoms with van der Waals surface area (Å²) < 4.78 is 17.6. The molecule has 0 unspecified atom stereocenters. The normalized spacial score (nSPS) is 11.3. The molecule has 3 rings (SSSR count). The zero-order valence-corrected chi connectivity index (χ0v) is 14.9. The quantitative estimate of drug-likeness (QED) is 0.552. The van der Waals surface area contributed by atoms with E-state index in [2.05, 4.69) is 10.6 Å². The molecule has 0 spiro atoms. The lowest BCUT2D eigenvalue weighted by molar-refractivity contribution is 0.310. The fourth-order valence-electron chi connectivity index (χ4n) is 2.79. The Balaban J connectivity index is 1.77. The van der Waals surface area contributed by atoms with Gasteiger partial charge in [-0.25, -0.2) is 0 Å². The van der Waals surface area contributed by atoms with Crippen LogP contribution >= 0.6 is 0 Å². The van der Waals surface area contributed by atoms with Gasteiger partial charge in [-0.15, -0.1) is 0 Å². The minimum Gasteiger partial charge on any atom is -0.494 e. The number of rotatable bonds is 10. The molecule has 0 aliphatic heterocycles. The van der Waals surface area contributed by atoms with Crippen molar-refractivity contribution in [2.75, 3.05) is 40.4 Å². The highest BCUT2D eigenvalue weighted by Gasteiger charge is 2.09. The van der Waals surface area contributed by atoms with Crippen LogP contribution in [0.5, 0.6) is 11.5 Å².